The number of tetrazole rings is 1. The van der Waals surface area contributed by atoms with Crippen molar-refractivity contribution in [3.05, 3.63) is 30.1 Å². The summed E-state index contributed by atoms with van der Waals surface area (Å²) >= 11 is 0. The van der Waals surface area contributed by atoms with E-state index in [1.165, 1.54) is 6.42 Å². The van der Waals surface area contributed by atoms with Crippen LogP contribution in [0.2, 0.25) is 0 Å². The minimum absolute atomic E-state index is 0.0541. The summed E-state index contributed by atoms with van der Waals surface area (Å²) in [5, 5.41) is 17.5. The molecule has 0 radical (unpaired) electrons. The van der Waals surface area contributed by atoms with Gasteiger partial charge in [-0.25, -0.2) is 4.68 Å². The lowest BCUT2D eigenvalue weighted by Gasteiger charge is -2.11. The number of rotatable bonds is 5. The van der Waals surface area contributed by atoms with Crippen LogP contribution in [0, 0.1) is 12.8 Å². The summed E-state index contributed by atoms with van der Waals surface area (Å²) in [6, 6.07) is 5.74. The second-order valence-electron chi connectivity index (χ2n) is 5.70. The zero-order chi connectivity index (χ0) is 15.4. The Kier molecular flexibility index (Phi) is 4.43. The van der Waals surface area contributed by atoms with Crippen molar-refractivity contribution in [1.82, 2.24) is 25.5 Å². The van der Waals surface area contributed by atoms with Gasteiger partial charge in [0.25, 0.3) is 0 Å². The van der Waals surface area contributed by atoms with E-state index in [1.54, 1.807) is 11.0 Å². The molecular formula is C15H20N6O. The van der Waals surface area contributed by atoms with E-state index < -0.39 is 0 Å². The highest BCUT2D eigenvalue weighted by atomic mass is 16.1. The average Bonchev–Trinajstić information content (AvgIpc) is 3.20. The molecule has 1 aromatic carbocycles. The molecule has 3 rings (SSSR count). The molecule has 2 heterocycles. The van der Waals surface area contributed by atoms with E-state index >= 15 is 0 Å². The molecule has 1 unspecified atom stereocenters. The molecule has 7 heteroatoms. The van der Waals surface area contributed by atoms with Gasteiger partial charge in [-0.2, -0.15) is 0 Å². The highest BCUT2D eigenvalue weighted by molar-refractivity contribution is 5.91. The third-order valence-electron chi connectivity index (χ3n) is 4.03. The van der Waals surface area contributed by atoms with Crippen LogP contribution in [0.5, 0.6) is 0 Å². The minimum atomic E-state index is 0.0541. The van der Waals surface area contributed by atoms with Crippen LogP contribution in [0.3, 0.4) is 0 Å². The van der Waals surface area contributed by atoms with Gasteiger partial charge in [0, 0.05) is 12.1 Å². The lowest BCUT2D eigenvalue weighted by atomic mass is 10.0. The zero-order valence-electron chi connectivity index (χ0n) is 12.6. The van der Waals surface area contributed by atoms with E-state index in [9.17, 15) is 4.79 Å². The molecule has 1 amide bonds. The smallest absolute Gasteiger partial charge is 0.224 e. The maximum Gasteiger partial charge on any atom is 0.224 e. The molecule has 0 spiro atoms. The van der Waals surface area contributed by atoms with Crippen molar-refractivity contribution in [3.63, 3.8) is 0 Å². The number of aryl methyl sites for hydroxylation is 1. The number of anilines is 1. The van der Waals surface area contributed by atoms with E-state index in [-0.39, 0.29) is 5.91 Å². The predicted molar refractivity (Wildman–Crippen MR) is 82.7 cm³/mol. The molecule has 0 saturated carbocycles. The van der Waals surface area contributed by atoms with Crippen LogP contribution in [0.4, 0.5) is 5.69 Å². The Morgan fingerprint density at radius 1 is 1.50 bits per heavy atom. The molecule has 1 saturated heterocycles. The van der Waals surface area contributed by atoms with Gasteiger partial charge in [-0.3, -0.25) is 4.79 Å². The van der Waals surface area contributed by atoms with Crippen molar-refractivity contribution in [2.24, 2.45) is 5.92 Å². The van der Waals surface area contributed by atoms with Crippen LogP contribution in [0.15, 0.2) is 24.5 Å². The van der Waals surface area contributed by atoms with Crippen molar-refractivity contribution >= 4 is 11.6 Å². The second kappa shape index (κ2) is 6.65. The number of hydrogen-bond acceptors (Lipinski definition) is 5. The molecule has 1 fully saturated rings. The van der Waals surface area contributed by atoms with Crippen molar-refractivity contribution in [2.45, 2.75) is 26.2 Å². The molecule has 0 bridgehead atoms. The summed E-state index contributed by atoms with van der Waals surface area (Å²) in [6.07, 6.45) is 4.20. The number of carbonyl (C=O) groups excluding carboxylic acids is 1. The van der Waals surface area contributed by atoms with Crippen LogP contribution < -0.4 is 10.6 Å². The maximum absolute atomic E-state index is 12.1. The van der Waals surface area contributed by atoms with Crippen molar-refractivity contribution < 1.29 is 4.79 Å². The molecule has 1 aliphatic heterocycles. The normalized spacial score (nSPS) is 17.6. The molecule has 1 aliphatic rings. The monoisotopic (exact) mass is 300 g/mol. The lowest BCUT2D eigenvalue weighted by Crippen LogP contribution is -2.15. The van der Waals surface area contributed by atoms with E-state index in [2.05, 4.69) is 26.2 Å². The topological polar surface area (TPSA) is 84.7 Å². The van der Waals surface area contributed by atoms with Crippen LogP contribution >= 0.6 is 0 Å². The maximum atomic E-state index is 12.1. The van der Waals surface area contributed by atoms with Crippen LogP contribution in [-0.4, -0.2) is 39.2 Å². The fourth-order valence-corrected chi connectivity index (χ4v) is 2.73. The number of hydrogen-bond donors (Lipinski definition) is 2. The molecule has 116 valence electrons. The first kappa shape index (κ1) is 14.6. The Labute approximate surface area is 129 Å². The first-order chi connectivity index (χ1) is 10.7. The Hall–Kier alpha value is -2.28. The summed E-state index contributed by atoms with van der Waals surface area (Å²) < 4.78 is 1.59. The van der Waals surface area contributed by atoms with Gasteiger partial charge in [0.1, 0.15) is 6.33 Å². The van der Waals surface area contributed by atoms with Crippen molar-refractivity contribution in [1.29, 1.82) is 0 Å². The summed E-state index contributed by atoms with van der Waals surface area (Å²) in [5.41, 5.74) is 2.68. The predicted octanol–water partition coefficient (Wildman–Crippen LogP) is 1.30. The Balaban J connectivity index is 1.62. The lowest BCUT2D eigenvalue weighted by molar-refractivity contribution is -0.116. The van der Waals surface area contributed by atoms with Gasteiger partial charge in [0.2, 0.25) is 5.91 Å². The molecule has 7 nitrogen and oxygen atoms in total. The van der Waals surface area contributed by atoms with Gasteiger partial charge >= 0.3 is 0 Å². The first-order valence-electron chi connectivity index (χ1n) is 7.57. The Morgan fingerprint density at radius 2 is 2.41 bits per heavy atom. The quantitative estimate of drug-likeness (QED) is 0.869. The van der Waals surface area contributed by atoms with Gasteiger partial charge in [-0.15, -0.1) is 5.10 Å². The number of nitrogens with zero attached hydrogens (tertiary/aromatic N) is 4. The number of benzene rings is 1. The Bertz CT molecular complexity index is 633. The van der Waals surface area contributed by atoms with Gasteiger partial charge in [0.15, 0.2) is 0 Å². The largest absolute Gasteiger partial charge is 0.326 e. The summed E-state index contributed by atoms with van der Waals surface area (Å²) in [6.45, 7) is 4.08. The average molecular weight is 300 g/mol. The van der Waals surface area contributed by atoms with Gasteiger partial charge in [-0.1, -0.05) is 6.07 Å². The van der Waals surface area contributed by atoms with Crippen LogP contribution in [0.1, 0.15) is 24.8 Å². The fourth-order valence-electron chi connectivity index (χ4n) is 2.73. The number of aromatic nitrogens is 4. The number of amides is 1. The summed E-state index contributed by atoms with van der Waals surface area (Å²) in [4.78, 5) is 12.1. The second-order valence-corrected chi connectivity index (χ2v) is 5.70. The Morgan fingerprint density at radius 3 is 3.14 bits per heavy atom. The molecule has 2 N–H and O–H groups in total. The van der Waals surface area contributed by atoms with E-state index in [1.807, 2.05) is 25.1 Å². The molecule has 1 aromatic heterocycles. The van der Waals surface area contributed by atoms with Crippen LogP contribution in [0.25, 0.3) is 5.69 Å². The third kappa shape index (κ3) is 3.48. The highest BCUT2D eigenvalue weighted by Crippen LogP contribution is 2.19. The molecule has 1 atom stereocenters. The standard InChI is InChI=1S/C15H20N6O/c1-11-2-4-13(8-14(11)21-10-17-19-20-21)18-15(22)5-3-12-6-7-16-9-12/h2,4,8,10,12,16H,3,5-7,9H2,1H3,(H,18,22). The summed E-state index contributed by atoms with van der Waals surface area (Å²) in [7, 11) is 0. The molecule has 2 aromatic rings. The van der Waals surface area contributed by atoms with Gasteiger partial charge in [0.05, 0.1) is 5.69 Å². The van der Waals surface area contributed by atoms with Crippen molar-refractivity contribution in [3.8, 4) is 5.69 Å². The SMILES string of the molecule is Cc1ccc(NC(=O)CCC2CCNC2)cc1-n1cnnn1. The number of carbonyl (C=O) groups is 1. The summed E-state index contributed by atoms with van der Waals surface area (Å²) in [5.74, 6) is 0.680. The van der Waals surface area contributed by atoms with E-state index in [0.717, 1.165) is 36.4 Å². The molecule has 22 heavy (non-hydrogen) atoms. The van der Waals surface area contributed by atoms with Gasteiger partial charge in [-0.05, 0) is 66.9 Å². The van der Waals surface area contributed by atoms with E-state index in [0.29, 0.717) is 12.3 Å². The third-order valence-corrected chi connectivity index (χ3v) is 4.03. The van der Waals surface area contributed by atoms with Crippen molar-refractivity contribution in [2.75, 3.05) is 18.4 Å². The zero-order valence-corrected chi connectivity index (χ0v) is 12.6. The first-order valence-corrected chi connectivity index (χ1v) is 7.57. The fraction of sp³-hybridized carbons (Fsp3) is 0.467. The minimum Gasteiger partial charge on any atom is -0.326 e. The molecular weight excluding hydrogens is 280 g/mol. The van der Waals surface area contributed by atoms with Crippen LogP contribution in [-0.2, 0) is 4.79 Å². The number of nitrogens with one attached hydrogen (secondary N) is 2. The van der Waals surface area contributed by atoms with Gasteiger partial charge < -0.3 is 10.6 Å². The highest BCUT2D eigenvalue weighted by Gasteiger charge is 2.16. The molecule has 0 aliphatic carbocycles. The van der Waals surface area contributed by atoms with E-state index in [4.69, 9.17) is 0 Å².